The summed E-state index contributed by atoms with van der Waals surface area (Å²) in [5.74, 6) is 0.849. The predicted molar refractivity (Wildman–Crippen MR) is 95.1 cm³/mol. The second-order valence-corrected chi connectivity index (χ2v) is 6.38. The fourth-order valence-corrected chi connectivity index (χ4v) is 3.24. The highest BCUT2D eigenvalue weighted by molar-refractivity contribution is 7.18. The SMILES string of the molecule is COc1cccc(Cn2cnc3ccc(-c4nnc(N)s4)cc32)c1. The summed E-state index contributed by atoms with van der Waals surface area (Å²) in [4.78, 5) is 4.47. The molecule has 0 bridgehead atoms. The summed E-state index contributed by atoms with van der Waals surface area (Å²) in [6.45, 7) is 0.718. The molecule has 2 heterocycles. The number of imidazole rings is 1. The Labute approximate surface area is 142 Å². The monoisotopic (exact) mass is 337 g/mol. The molecule has 24 heavy (non-hydrogen) atoms. The van der Waals surface area contributed by atoms with Crippen LogP contribution in [-0.4, -0.2) is 26.9 Å². The van der Waals surface area contributed by atoms with E-state index in [1.807, 2.05) is 36.7 Å². The van der Waals surface area contributed by atoms with Crippen molar-refractivity contribution < 1.29 is 4.74 Å². The maximum Gasteiger partial charge on any atom is 0.203 e. The zero-order valence-electron chi connectivity index (χ0n) is 13.0. The van der Waals surface area contributed by atoms with Gasteiger partial charge in [-0.25, -0.2) is 4.98 Å². The molecule has 4 aromatic rings. The van der Waals surface area contributed by atoms with Gasteiger partial charge in [0, 0.05) is 12.1 Å². The summed E-state index contributed by atoms with van der Waals surface area (Å²) in [5, 5.41) is 9.27. The molecule has 4 rings (SSSR count). The zero-order chi connectivity index (χ0) is 16.5. The number of hydrogen-bond donors (Lipinski definition) is 1. The van der Waals surface area contributed by atoms with Gasteiger partial charge in [-0.1, -0.05) is 23.5 Å². The fraction of sp³-hybridized carbons (Fsp3) is 0.118. The first kappa shape index (κ1) is 14.6. The van der Waals surface area contributed by atoms with Gasteiger partial charge in [0.05, 0.1) is 24.5 Å². The van der Waals surface area contributed by atoms with Crippen molar-refractivity contribution in [3.05, 3.63) is 54.4 Å². The van der Waals surface area contributed by atoms with E-state index < -0.39 is 0 Å². The second-order valence-electron chi connectivity index (χ2n) is 5.37. The van der Waals surface area contributed by atoms with E-state index in [9.17, 15) is 0 Å². The van der Waals surface area contributed by atoms with Crippen molar-refractivity contribution in [1.82, 2.24) is 19.7 Å². The quantitative estimate of drug-likeness (QED) is 0.619. The molecule has 7 heteroatoms. The lowest BCUT2D eigenvalue weighted by Gasteiger charge is -2.07. The zero-order valence-corrected chi connectivity index (χ0v) is 13.8. The van der Waals surface area contributed by atoms with Crippen LogP contribution in [0.3, 0.4) is 0 Å². The first-order valence-corrected chi connectivity index (χ1v) is 8.22. The number of hydrogen-bond acceptors (Lipinski definition) is 6. The minimum Gasteiger partial charge on any atom is -0.497 e. The standard InChI is InChI=1S/C17H15N5OS/c1-23-13-4-2-3-11(7-13)9-22-10-19-14-6-5-12(8-15(14)22)16-20-21-17(18)24-16/h2-8,10H,9H2,1H3,(H2,18,21). The van der Waals surface area contributed by atoms with Crippen molar-refractivity contribution in [2.45, 2.75) is 6.54 Å². The Morgan fingerprint density at radius 1 is 1.17 bits per heavy atom. The van der Waals surface area contributed by atoms with Crippen LogP contribution in [0, 0.1) is 0 Å². The topological polar surface area (TPSA) is 78.8 Å². The molecule has 2 aromatic heterocycles. The molecule has 0 saturated heterocycles. The molecule has 0 saturated carbocycles. The molecule has 0 unspecified atom stereocenters. The van der Waals surface area contributed by atoms with Gasteiger partial charge >= 0.3 is 0 Å². The molecule has 0 aliphatic carbocycles. The van der Waals surface area contributed by atoms with E-state index in [1.165, 1.54) is 11.3 Å². The van der Waals surface area contributed by atoms with Gasteiger partial charge < -0.3 is 15.0 Å². The molecule has 0 atom stereocenters. The molecule has 6 nitrogen and oxygen atoms in total. The van der Waals surface area contributed by atoms with Crippen LogP contribution in [0.1, 0.15) is 5.56 Å². The first-order chi connectivity index (χ1) is 11.7. The molecule has 2 N–H and O–H groups in total. The van der Waals surface area contributed by atoms with E-state index in [0.29, 0.717) is 5.13 Å². The molecule has 2 aromatic carbocycles. The third-order valence-corrected chi connectivity index (χ3v) is 4.60. The number of nitrogen functional groups attached to an aromatic ring is 1. The Bertz CT molecular complexity index is 1010. The van der Waals surface area contributed by atoms with E-state index in [-0.39, 0.29) is 0 Å². The summed E-state index contributed by atoms with van der Waals surface area (Å²) >= 11 is 1.38. The number of nitrogens with two attached hydrogens (primary N) is 1. The molecule has 0 fully saturated rings. The molecule has 0 aliphatic rings. The Hall–Kier alpha value is -2.93. The molecule has 0 spiro atoms. The van der Waals surface area contributed by atoms with Gasteiger partial charge in [-0.2, -0.15) is 0 Å². The highest BCUT2D eigenvalue weighted by atomic mass is 32.1. The van der Waals surface area contributed by atoms with E-state index in [2.05, 4.69) is 31.9 Å². The maximum atomic E-state index is 5.68. The van der Waals surface area contributed by atoms with Crippen LogP contribution in [0.2, 0.25) is 0 Å². The van der Waals surface area contributed by atoms with Crippen LogP contribution < -0.4 is 10.5 Å². The molecule has 120 valence electrons. The minimum atomic E-state index is 0.468. The number of benzene rings is 2. The van der Waals surface area contributed by atoms with E-state index in [4.69, 9.17) is 10.5 Å². The number of aromatic nitrogens is 4. The average molecular weight is 337 g/mol. The summed E-state index contributed by atoms with van der Waals surface area (Å²) < 4.78 is 7.40. The molecule has 0 radical (unpaired) electrons. The molecular weight excluding hydrogens is 322 g/mol. The van der Waals surface area contributed by atoms with Crippen molar-refractivity contribution in [3.63, 3.8) is 0 Å². The Kier molecular flexibility index (Phi) is 3.62. The lowest BCUT2D eigenvalue weighted by atomic mass is 10.2. The van der Waals surface area contributed by atoms with Gasteiger partial charge in [0.15, 0.2) is 0 Å². The first-order valence-electron chi connectivity index (χ1n) is 7.40. The molecular formula is C17H15N5OS. The number of fused-ring (bicyclic) bond motifs is 1. The van der Waals surface area contributed by atoms with Crippen LogP contribution in [-0.2, 0) is 6.54 Å². The number of rotatable bonds is 4. The lowest BCUT2D eigenvalue weighted by Crippen LogP contribution is -1.98. The van der Waals surface area contributed by atoms with E-state index in [0.717, 1.165) is 39.5 Å². The van der Waals surface area contributed by atoms with Crippen molar-refractivity contribution in [2.24, 2.45) is 0 Å². The van der Waals surface area contributed by atoms with Crippen LogP contribution in [0.4, 0.5) is 5.13 Å². The Balaban J connectivity index is 1.73. The van der Waals surface area contributed by atoms with Gasteiger partial charge in [-0.05, 0) is 35.9 Å². The van der Waals surface area contributed by atoms with Crippen molar-refractivity contribution in [2.75, 3.05) is 12.8 Å². The van der Waals surface area contributed by atoms with Gasteiger partial charge in [0.25, 0.3) is 0 Å². The number of methoxy groups -OCH3 is 1. The summed E-state index contributed by atoms with van der Waals surface area (Å²) in [6.07, 6.45) is 1.85. The van der Waals surface area contributed by atoms with E-state index in [1.54, 1.807) is 7.11 Å². The van der Waals surface area contributed by atoms with Gasteiger partial charge in [-0.3, -0.25) is 0 Å². The van der Waals surface area contributed by atoms with Crippen LogP contribution in [0.5, 0.6) is 5.75 Å². The van der Waals surface area contributed by atoms with Crippen molar-refractivity contribution >= 4 is 27.5 Å². The van der Waals surface area contributed by atoms with Crippen LogP contribution in [0.15, 0.2) is 48.8 Å². The maximum absolute atomic E-state index is 5.68. The summed E-state index contributed by atoms with van der Waals surface area (Å²) in [7, 11) is 1.67. The van der Waals surface area contributed by atoms with Gasteiger partial charge in [0.1, 0.15) is 10.8 Å². The Morgan fingerprint density at radius 3 is 2.88 bits per heavy atom. The highest BCUT2D eigenvalue weighted by Gasteiger charge is 2.09. The lowest BCUT2D eigenvalue weighted by molar-refractivity contribution is 0.414. The fourth-order valence-electron chi connectivity index (χ4n) is 2.63. The number of ether oxygens (including phenoxy) is 1. The smallest absolute Gasteiger partial charge is 0.203 e. The van der Waals surface area contributed by atoms with Crippen LogP contribution >= 0.6 is 11.3 Å². The normalized spacial score (nSPS) is 11.0. The number of anilines is 1. The number of nitrogens with zero attached hydrogens (tertiary/aromatic N) is 4. The predicted octanol–water partition coefficient (Wildman–Crippen LogP) is 3.19. The van der Waals surface area contributed by atoms with Crippen molar-refractivity contribution in [3.8, 4) is 16.3 Å². The van der Waals surface area contributed by atoms with Crippen LogP contribution in [0.25, 0.3) is 21.6 Å². The van der Waals surface area contributed by atoms with Crippen molar-refractivity contribution in [1.29, 1.82) is 0 Å². The largest absolute Gasteiger partial charge is 0.497 e. The highest BCUT2D eigenvalue weighted by Crippen LogP contribution is 2.28. The third kappa shape index (κ3) is 2.69. The molecule has 0 amide bonds. The summed E-state index contributed by atoms with van der Waals surface area (Å²) in [6, 6.07) is 14.1. The second kappa shape index (κ2) is 5.93. The van der Waals surface area contributed by atoms with Gasteiger partial charge in [-0.15, -0.1) is 10.2 Å². The van der Waals surface area contributed by atoms with Gasteiger partial charge in [0.2, 0.25) is 5.13 Å². The Morgan fingerprint density at radius 2 is 2.08 bits per heavy atom. The summed E-state index contributed by atoms with van der Waals surface area (Å²) in [5.41, 5.74) is 9.81. The minimum absolute atomic E-state index is 0.468. The average Bonchev–Trinajstić information content (AvgIpc) is 3.21. The third-order valence-electron chi connectivity index (χ3n) is 3.80. The molecule has 0 aliphatic heterocycles. The van der Waals surface area contributed by atoms with E-state index >= 15 is 0 Å².